The minimum absolute atomic E-state index is 0.297. The van der Waals surface area contributed by atoms with Gasteiger partial charge in [0.05, 0.1) is 18.1 Å². The molecule has 0 amide bonds. The Hall–Kier alpha value is -2.22. The van der Waals surface area contributed by atoms with Gasteiger partial charge in [-0.15, -0.1) is 16.4 Å². The van der Waals surface area contributed by atoms with Crippen molar-refractivity contribution in [3.05, 3.63) is 23.3 Å². The smallest absolute Gasteiger partial charge is 0.223 e. The zero-order valence-corrected chi connectivity index (χ0v) is 11.9. The van der Waals surface area contributed by atoms with Gasteiger partial charge in [-0.2, -0.15) is 4.98 Å². The summed E-state index contributed by atoms with van der Waals surface area (Å²) in [7, 11) is 0. The van der Waals surface area contributed by atoms with Crippen LogP contribution in [0.1, 0.15) is 11.8 Å². The van der Waals surface area contributed by atoms with Crippen LogP contribution in [0, 0.1) is 0 Å². The fraction of sp³-hybridized carbons (Fsp3) is 0.333. The van der Waals surface area contributed by atoms with Crippen molar-refractivity contribution >= 4 is 33.3 Å². The number of anilines is 2. The molecular weight excluding hydrogens is 274 g/mol. The van der Waals surface area contributed by atoms with Crippen LogP contribution in [0.25, 0.3) is 10.2 Å². The van der Waals surface area contributed by atoms with Gasteiger partial charge in [0.15, 0.2) is 0 Å². The lowest BCUT2D eigenvalue weighted by atomic mass is 10.3. The predicted octanol–water partition coefficient (Wildman–Crippen LogP) is 1.54. The first kappa shape index (κ1) is 12.8. The first-order valence-corrected chi connectivity index (χ1v) is 7.22. The summed E-state index contributed by atoms with van der Waals surface area (Å²) < 4.78 is 1.76. The van der Waals surface area contributed by atoms with Gasteiger partial charge in [-0.25, -0.2) is 4.98 Å². The lowest BCUT2D eigenvalue weighted by Gasteiger charge is -2.07. The summed E-state index contributed by atoms with van der Waals surface area (Å²) in [5.74, 6) is 1.08. The summed E-state index contributed by atoms with van der Waals surface area (Å²) in [6.45, 7) is 3.54. The molecule has 3 aromatic rings. The molecular formula is C12H15N7S. The summed E-state index contributed by atoms with van der Waals surface area (Å²) in [5, 5.41) is 12.0. The number of nitrogen functional groups attached to an aromatic ring is 1. The topological polar surface area (TPSA) is 94.5 Å². The highest BCUT2D eigenvalue weighted by atomic mass is 32.1. The molecule has 3 heterocycles. The third-order valence-electron chi connectivity index (χ3n) is 2.91. The van der Waals surface area contributed by atoms with Crippen LogP contribution in [0.4, 0.5) is 11.8 Å². The molecule has 0 aromatic carbocycles. The number of thiophene rings is 1. The van der Waals surface area contributed by atoms with E-state index in [9.17, 15) is 0 Å². The van der Waals surface area contributed by atoms with E-state index in [1.54, 1.807) is 22.2 Å². The molecule has 0 bridgehead atoms. The Labute approximate surface area is 119 Å². The molecule has 0 unspecified atom stereocenters. The molecule has 3 N–H and O–H groups in total. The number of nitrogens with two attached hydrogens (primary N) is 1. The lowest BCUT2D eigenvalue weighted by Crippen LogP contribution is -2.12. The van der Waals surface area contributed by atoms with Crippen molar-refractivity contribution in [3.63, 3.8) is 0 Å². The van der Waals surface area contributed by atoms with Gasteiger partial charge in [0.25, 0.3) is 0 Å². The second-order valence-corrected chi connectivity index (χ2v) is 5.42. The molecule has 104 valence electrons. The Morgan fingerprint density at radius 1 is 1.40 bits per heavy atom. The Morgan fingerprint density at radius 2 is 2.30 bits per heavy atom. The number of aromatic nitrogens is 5. The van der Waals surface area contributed by atoms with E-state index in [0.717, 1.165) is 29.0 Å². The van der Waals surface area contributed by atoms with E-state index in [4.69, 9.17) is 5.73 Å². The summed E-state index contributed by atoms with van der Waals surface area (Å²) in [5.41, 5.74) is 5.76. The average molecular weight is 289 g/mol. The predicted molar refractivity (Wildman–Crippen MR) is 79.7 cm³/mol. The molecule has 0 atom stereocenters. The van der Waals surface area contributed by atoms with Gasteiger partial charge < -0.3 is 11.1 Å². The fourth-order valence-electron chi connectivity index (χ4n) is 1.94. The van der Waals surface area contributed by atoms with E-state index in [-0.39, 0.29) is 0 Å². The van der Waals surface area contributed by atoms with Crippen LogP contribution < -0.4 is 11.1 Å². The summed E-state index contributed by atoms with van der Waals surface area (Å²) in [6.07, 6.45) is 4.47. The van der Waals surface area contributed by atoms with Crippen molar-refractivity contribution < 1.29 is 0 Å². The SMILES string of the molecule is CCc1cc2c(NCCn3ccnn3)nc(N)nc2s1. The third-order valence-corrected chi connectivity index (χ3v) is 4.09. The maximum absolute atomic E-state index is 5.76. The quantitative estimate of drug-likeness (QED) is 0.740. The standard InChI is InChI=1S/C12H15N7S/c1-2-8-7-9-10(16-12(13)17-11(9)20-8)14-3-5-19-6-4-15-18-19/h4,6-7H,2-3,5H2,1H3,(H3,13,14,16,17). The van der Waals surface area contributed by atoms with Crippen molar-refractivity contribution in [1.29, 1.82) is 0 Å². The molecule has 0 spiro atoms. The number of nitrogens with zero attached hydrogens (tertiary/aromatic N) is 5. The summed E-state index contributed by atoms with van der Waals surface area (Å²) in [6, 6.07) is 2.12. The first-order valence-electron chi connectivity index (χ1n) is 6.40. The van der Waals surface area contributed by atoms with E-state index in [1.807, 2.05) is 6.20 Å². The van der Waals surface area contributed by atoms with Crippen LogP contribution in [-0.2, 0) is 13.0 Å². The van der Waals surface area contributed by atoms with Gasteiger partial charge in [0.2, 0.25) is 5.95 Å². The summed E-state index contributed by atoms with van der Waals surface area (Å²) in [4.78, 5) is 10.8. The van der Waals surface area contributed by atoms with Crippen molar-refractivity contribution in [2.75, 3.05) is 17.6 Å². The largest absolute Gasteiger partial charge is 0.368 e. The van der Waals surface area contributed by atoms with E-state index in [0.29, 0.717) is 12.5 Å². The van der Waals surface area contributed by atoms with Gasteiger partial charge in [0.1, 0.15) is 10.6 Å². The maximum Gasteiger partial charge on any atom is 0.223 e. The maximum atomic E-state index is 5.76. The summed E-state index contributed by atoms with van der Waals surface area (Å²) >= 11 is 1.66. The van der Waals surface area contributed by atoms with Gasteiger partial charge >= 0.3 is 0 Å². The van der Waals surface area contributed by atoms with Crippen molar-refractivity contribution in [3.8, 4) is 0 Å². The molecule has 0 aliphatic heterocycles. The van der Waals surface area contributed by atoms with Gasteiger partial charge in [-0.3, -0.25) is 4.68 Å². The van der Waals surface area contributed by atoms with Crippen molar-refractivity contribution in [2.45, 2.75) is 19.9 Å². The molecule has 7 nitrogen and oxygen atoms in total. The van der Waals surface area contributed by atoms with Crippen molar-refractivity contribution in [1.82, 2.24) is 25.0 Å². The molecule has 3 aromatic heterocycles. The Bertz CT molecular complexity index is 704. The molecule has 3 rings (SSSR count). The van der Waals surface area contributed by atoms with E-state index in [1.165, 1.54) is 4.88 Å². The Morgan fingerprint density at radius 3 is 3.05 bits per heavy atom. The van der Waals surface area contributed by atoms with Crippen LogP contribution in [0.5, 0.6) is 0 Å². The number of fused-ring (bicyclic) bond motifs is 1. The number of nitrogens with one attached hydrogen (secondary N) is 1. The van der Waals surface area contributed by atoms with Crippen LogP contribution in [0.2, 0.25) is 0 Å². The van der Waals surface area contributed by atoms with E-state index >= 15 is 0 Å². The first-order chi connectivity index (χ1) is 9.76. The molecule has 0 aliphatic rings. The van der Waals surface area contributed by atoms with Gasteiger partial charge in [-0.1, -0.05) is 12.1 Å². The molecule has 20 heavy (non-hydrogen) atoms. The number of rotatable bonds is 5. The Balaban J connectivity index is 1.80. The molecule has 0 radical (unpaired) electrons. The number of hydrogen-bond acceptors (Lipinski definition) is 7. The highest BCUT2D eigenvalue weighted by Gasteiger charge is 2.09. The molecule has 0 fully saturated rings. The molecule has 0 saturated heterocycles. The molecule has 0 saturated carbocycles. The van der Waals surface area contributed by atoms with Crippen LogP contribution in [-0.4, -0.2) is 31.5 Å². The molecule has 8 heteroatoms. The second-order valence-electron chi connectivity index (χ2n) is 4.31. The third kappa shape index (κ3) is 2.55. The van der Waals surface area contributed by atoms with Crippen LogP contribution in [0.15, 0.2) is 18.5 Å². The zero-order valence-electron chi connectivity index (χ0n) is 11.1. The van der Waals surface area contributed by atoms with Crippen LogP contribution >= 0.6 is 11.3 Å². The van der Waals surface area contributed by atoms with Crippen LogP contribution in [0.3, 0.4) is 0 Å². The Kier molecular flexibility index (Phi) is 3.46. The van der Waals surface area contributed by atoms with Gasteiger partial charge in [0, 0.05) is 17.6 Å². The molecule has 0 aliphatic carbocycles. The lowest BCUT2D eigenvalue weighted by molar-refractivity contribution is 0.608. The van der Waals surface area contributed by atoms with Crippen molar-refractivity contribution in [2.24, 2.45) is 0 Å². The average Bonchev–Trinajstić information content (AvgIpc) is 3.06. The second kappa shape index (κ2) is 5.41. The monoisotopic (exact) mass is 289 g/mol. The zero-order chi connectivity index (χ0) is 13.9. The fourth-order valence-corrected chi connectivity index (χ4v) is 2.91. The minimum atomic E-state index is 0.297. The minimum Gasteiger partial charge on any atom is -0.368 e. The van der Waals surface area contributed by atoms with E-state index in [2.05, 4.69) is 38.6 Å². The number of aryl methyl sites for hydroxylation is 1. The normalized spacial score (nSPS) is 11.1. The number of hydrogen-bond donors (Lipinski definition) is 2. The van der Waals surface area contributed by atoms with Gasteiger partial charge in [-0.05, 0) is 12.5 Å². The highest BCUT2D eigenvalue weighted by molar-refractivity contribution is 7.18. The van der Waals surface area contributed by atoms with E-state index < -0.39 is 0 Å². The highest BCUT2D eigenvalue weighted by Crippen LogP contribution is 2.29.